The summed E-state index contributed by atoms with van der Waals surface area (Å²) in [6.07, 6.45) is 2.95. The Hall–Kier alpha value is -0.420. The van der Waals surface area contributed by atoms with E-state index in [2.05, 4.69) is 11.4 Å². The van der Waals surface area contributed by atoms with Crippen molar-refractivity contribution in [3.63, 3.8) is 0 Å². The topological polar surface area (TPSA) is 67.4 Å². The largest absolute Gasteiger partial charge is 0.441 e. The molecule has 4 nitrogen and oxygen atoms in total. The fourth-order valence-electron chi connectivity index (χ4n) is 1.51. The van der Waals surface area contributed by atoms with Crippen molar-refractivity contribution in [2.75, 3.05) is 6.61 Å². The fraction of sp³-hybridized carbons (Fsp3) is 0.778. The highest BCUT2D eigenvalue weighted by Gasteiger charge is 2.38. The van der Waals surface area contributed by atoms with Gasteiger partial charge in [-0.1, -0.05) is 6.08 Å². The Kier molecular flexibility index (Phi) is 3.44. The molecule has 3 atom stereocenters. The van der Waals surface area contributed by atoms with Crippen LogP contribution in [0.15, 0.2) is 12.7 Å². The molecule has 1 fully saturated rings. The summed E-state index contributed by atoms with van der Waals surface area (Å²) >= 11 is 0. The smallest absolute Gasteiger partial charge is 0.182 e. The number of rotatable bonds is 3. The lowest BCUT2D eigenvalue weighted by atomic mass is 9.92. The van der Waals surface area contributed by atoms with Gasteiger partial charge in [0.1, 0.15) is 6.61 Å². The first-order valence-corrected chi connectivity index (χ1v) is 4.45. The summed E-state index contributed by atoms with van der Waals surface area (Å²) in [6.45, 7) is 5.96. The van der Waals surface area contributed by atoms with Crippen LogP contribution in [0.3, 0.4) is 0 Å². The normalized spacial score (nSPS) is 40.2. The second-order valence-corrected chi connectivity index (χ2v) is 3.65. The first kappa shape index (κ1) is 10.7. The van der Waals surface area contributed by atoms with E-state index >= 15 is 0 Å². The molecule has 0 aromatic rings. The van der Waals surface area contributed by atoms with Crippen LogP contribution in [0.5, 0.6) is 0 Å². The lowest BCUT2D eigenvalue weighted by Gasteiger charge is -2.36. The average molecular weight is 188 g/mol. The summed E-state index contributed by atoms with van der Waals surface area (Å²) in [5.74, 6) is 4.96. The molecule has 13 heavy (non-hydrogen) atoms. The lowest BCUT2D eigenvalue weighted by Crippen LogP contribution is -2.47. The van der Waals surface area contributed by atoms with Gasteiger partial charge in [0.2, 0.25) is 0 Å². The Morgan fingerprint density at radius 3 is 3.08 bits per heavy atom. The second-order valence-electron chi connectivity index (χ2n) is 3.65. The number of nitrogens with two attached hydrogens (primary N) is 1. The zero-order valence-electron chi connectivity index (χ0n) is 7.95. The van der Waals surface area contributed by atoms with E-state index < -0.39 is 0 Å². The zero-order chi connectivity index (χ0) is 9.90. The molecule has 0 aliphatic carbocycles. The summed E-state index contributed by atoms with van der Waals surface area (Å²) in [7, 11) is 0. The minimum Gasteiger partial charge on any atom is -0.441 e. The van der Waals surface area contributed by atoms with E-state index in [4.69, 9.17) is 15.7 Å². The van der Waals surface area contributed by atoms with Crippen molar-refractivity contribution in [2.45, 2.75) is 37.6 Å². The van der Waals surface area contributed by atoms with Gasteiger partial charge >= 0.3 is 0 Å². The third-order valence-electron chi connectivity index (χ3n) is 2.51. The molecule has 2 unspecified atom stereocenters. The monoisotopic (exact) mass is 188 g/mol. The number of hydrogen-bond acceptors (Lipinski definition) is 3. The van der Waals surface area contributed by atoms with Crippen LogP contribution in [-0.4, -0.2) is 29.5 Å². The van der Waals surface area contributed by atoms with Crippen molar-refractivity contribution in [3.05, 3.63) is 12.7 Å². The third kappa shape index (κ3) is 2.51. The molecule has 76 valence electrons. The molecule has 0 aromatic heterocycles. The minimum absolute atomic E-state index is 0.234. The maximum Gasteiger partial charge on any atom is 0.182 e. The van der Waals surface area contributed by atoms with E-state index in [-0.39, 0.29) is 24.4 Å². The van der Waals surface area contributed by atoms with Crippen molar-refractivity contribution in [3.8, 4) is 0 Å². The Balaban J connectivity index is 2.57. The highest BCUT2D eigenvalue weighted by molar-refractivity contribution is 4.98. The molecule has 0 spiro atoms. The Bertz CT molecular complexity index is 186. The molecule has 1 heterocycles. The summed E-state index contributed by atoms with van der Waals surface area (Å²) in [5, 5.41) is 7.69. The van der Waals surface area contributed by atoms with Crippen LogP contribution in [0.1, 0.15) is 19.8 Å². The number of hydrogen-bond donors (Lipinski definition) is 1. The van der Waals surface area contributed by atoms with E-state index in [0.717, 1.165) is 12.8 Å². The molecule has 0 saturated carbocycles. The zero-order valence-corrected chi connectivity index (χ0v) is 7.95. The van der Waals surface area contributed by atoms with Crippen LogP contribution in [0, 0.1) is 0 Å². The molecule has 4 N–H and O–H groups in total. The van der Waals surface area contributed by atoms with Crippen LogP contribution >= 0.6 is 0 Å². The average Bonchev–Trinajstić information content (AvgIpc) is 2.12. The quantitative estimate of drug-likeness (QED) is 0.388. The van der Waals surface area contributed by atoms with Gasteiger partial charge in [0.15, 0.2) is 12.2 Å². The highest BCUT2D eigenvalue weighted by Crippen LogP contribution is 2.29. The standard InChI is InChI=1S/C9H17NO3/c1-3-9(2)5-4-7(11)8(13-9)6-12-10/h3,7-8,11H,1,4-6,10H2,2H3/p+1/t7?,8-,9?/m1/s1. The summed E-state index contributed by atoms with van der Waals surface area (Å²) in [5.41, 5.74) is -0.319. The van der Waals surface area contributed by atoms with Crippen LogP contribution in [-0.2, 0) is 9.57 Å². The van der Waals surface area contributed by atoms with Crippen LogP contribution < -0.4 is 5.90 Å². The lowest BCUT2D eigenvalue weighted by molar-refractivity contribution is -0.167. The Morgan fingerprint density at radius 1 is 1.85 bits per heavy atom. The highest BCUT2D eigenvalue weighted by atomic mass is 16.6. The van der Waals surface area contributed by atoms with Gasteiger partial charge in [-0.05, 0) is 13.3 Å². The van der Waals surface area contributed by atoms with Crippen molar-refractivity contribution >= 4 is 0 Å². The fourth-order valence-corrected chi connectivity index (χ4v) is 1.51. The second kappa shape index (κ2) is 4.19. The van der Waals surface area contributed by atoms with Gasteiger partial charge in [0, 0.05) is 6.42 Å². The minimum atomic E-state index is -0.319. The van der Waals surface area contributed by atoms with Gasteiger partial charge in [0.25, 0.3) is 0 Å². The molecular weight excluding hydrogens is 170 g/mol. The SMILES string of the molecule is C=CC1(C)CCC([OH2+])[C@@H](CON)O1. The third-order valence-corrected chi connectivity index (χ3v) is 2.51. The predicted octanol–water partition coefficient (Wildman–Crippen LogP) is 0.0936. The van der Waals surface area contributed by atoms with Gasteiger partial charge in [-0.15, -0.1) is 6.58 Å². The van der Waals surface area contributed by atoms with Gasteiger partial charge < -0.3 is 14.7 Å². The molecule has 0 amide bonds. The van der Waals surface area contributed by atoms with Crippen molar-refractivity contribution in [1.29, 1.82) is 0 Å². The maximum absolute atomic E-state index is 7.69. The van der Waals surface area contributed by atoms with Gasteiger partial charge in [-0.25, -0.2) is 5.90 Å². The molecular formula is C9H18NO3+. The molecule has 0 bridgehead atoms. The predicted molar refractivity (Wildman–Crippen MR) is 50.3 cm³/mol. The molecule has 4 heteroatoms. The first-order valence-electron chi connectivity index (χ1n) is 4.45. The molecule has 1 rings (SSSR count). The van der Waals surface area contributed by atoms with E-state index in [1.54, 1.807) is 6.08 Å². The summed E-state index contributed by atoms with van der Waals surface area (Å²) in [6, 6.07) is 0. The van der Waals surface area contributed by atoms with E-state index in [9.17, 15) is 0 Å². The van der Waals surface area contributed by atoms with E-state index in [0.29, 0.717) is 0 Å². The van der Waals surface area contributed by atoms with Gasteiger partial charge in [-0.3, -0.25) is 0 Å². The van der Waals surface area contributed by atoms with Crippen LogP contribution in [0.2, 0.25) is 0 Å². The van der Waals surface area contributed by atoms with Crippen LogP contribution in [0.25, 0.3) is 0 Å². The van der Waals surface area contributed by atoms with Crippen molar-refractivity contribution in [1.82, 2.24) is 0 Å². The summed E-state index contributed by atoms with van der Waals surface area (Å²) in [4.78, 5) is 4.51. The molecule has 1 saturated heterocycles. The van der Waals surface area contributed by atoms with E-state index in [1.165, 1.54) is 0 Å². The van der Waals surface area contributed by atoms with Crippen LogP contribution in [0.4, 0.5) is 0 Å². The van der Waals surface area contributed by atoms with Gasteiger partial charge in [0.05, 0.1) is 5.60 Å². The first-order chi connectivity index (χ1) is 6.11. The molecule has 1 aliphatic rings. The summed E-state index contributed by atoms with van der Waals surface area (Å²) < 4.78 is 5.67. The van der Waals surface area contributed by atoms with Crippen molar-refractivity contribution < 1.29 is 14.7 Å². The molecule has 0 radical (unpaired) electrons. The molecule has 0 aromatic carbocycles. The number of ether oxygens (including phenoxy) is 1. The molecule has 1 aliphatic heterocycles. The maximum atomic E-state index is 7.69. The Morgan fingerprint density at radius 2 is 2.54 bits per heavy atom. The van der Waals surface area contributed by atoms with Gasteiger partial charge in [-0.2, -0.15) is 0 Å². The Labute approximate surface area is 78.3 Å². The van der Waals surface area contributed by atoms with E-state index in [1.807, 2.05) is 6.92 Å². The van der Waals surface area contributed by atoms with Crippen molar-refractivity contribution in [2.24, 2.45) is 5.90 Å².